The van der Waals surface area contributed by atoms with Crippen LogP contribution in [0.4, 0.5) is 0 Å². The third kappa shape index (κ3) is 3.73. The van der Waals surface area contributed by atoms with Gasteiger partial charge in [0.05, 0.1) is 0 Å². The molecule has 0 heterocycles. The zero-order valence-electron chi connectivity index (χ0n) is 12.7. The normalized spacial score (nSPS) is 11.7. The minimum absolute atomic E-state index is 0.270. The van der Waals surface area contributed by atoms with Gasteiger partial charge in [0.2, 0.25) is 0 Å². The first-order valence-electron chi connectivity index (χ1n) is 7.13. The van der Waals surface area contributed by atoms with E-state index in [2.05, 4.69) is 5.32 Å². The summed E-state index contributed by atoms with van der Waals surface area (Å²) < 4.78 is 0. The lowest BCUT2D eigenvalue weighted by Crippen LogP contribution is -2.42. The molecule has 0 bridgehead atoms. The Morgan fingerprint density at radius 1 is 1.00 bits per heavy atom. The Hall–Kier alpha value is -2.62. The lowest BCUT2D eigenvalue weighted by atomic mass is 9.96. The number of carbonyl (C=O) groups is 2. The van der Waals surface area contributed by atoms with Crippen LogP contribution in [0.1, 0.15) is 27.0 Å². The summed E-state index contributed by atoms with van der Waals surface area (Å²) >= 11 is 0. The Kier molecular flexibility index (Phi) is 4.94. The average Bonchev–Trinajstić information content (AvgIpc) is 2.50. The van der Waals surface area contributed by atoms with Crippen molar-refractivity contribution in [2.75, 3.05) is 0 Å². The number of carboxylic acid groups (broad SMARTS) is 1. The van der Waals surface area contributed by atoms with E-state index in [1.807, 2.05) is 38.1 Å². The van der Waals surface area contributed by atoms with Crippen LogP contribution in [0.25, 0.3) is 0 Å². The fourth-order valence-corrected chi connectivity index (χ4v) is 2.41. The Balaban J connectivity index is 2.18. The predicted molar refractivity (Wildman–Crippen MR) is 85.0 cm³/mol. The molecular formula is C18H19NO3. The summed E-state index contributed by atoms with van der Waals surface area (Å²) in [7, 11) is 0. The summed E-state index contributed by atoms with van der Waals surface area (Å²) in [4.78, 5) is 23.6. The first-order valence-corrected chi connectivity index (χ1v) is 7.13. The number of hydrogen-bond acceptors (Lipinski definition) is 2. The molecule has 2 aromatic rings. The second kappa shape index (κ2) is 6.89. The molecule has 0 aromatic heterocycles. The molecule has 1 atom stereocenters. The predicted octanol–water partition coefficient (Wildman–Crippen LogP) is 2.73. The summed E-state index contributed by atoms with van der Waals surface area (Å²) in [6.45, 7) is 3.89. The fourth-order valence-electron chi connectivity index (χ4n) is 2.41. The van der Waals surface area contributed by atoms with E-state index in [1.165, 1.54) is 0 Å². The second-order valence-corrected chi connectivity index (χ2v) is 5.30. The maximum atomic E-state index is 12.1. The van der Waals surface area contributed by atoms with Crippen molar-refractivity contribution in [3.05, 3.63) is 70.8 Å². The second-order valence-electron chi connectivity index (χ2n) is 5.30. The molecule has 2 rings (SSSR count). The Labute approximate surface area is 129 Å². The first-order chi connectivity index (χ1) is 10.5. The van der Waals surface area contributed by atoms with Crippen LogP contribution in [0.2, 0.25) is 0 Å². The molecule has 2 aromatic carbocycles. The van der Waals surface area contributed by atoms with Gasteiger partial charge in [0.15, 0.2) is 0 Å². The van der Waals surface area contributed by atoms with Crippen LogP contribution in [-0.2, 0) is 11.2 Å². The van der Waals surface area contributed by atoms with Gasteiger partial charge < -0.3 is 10.4 Å². The average molecular weight is 297 g/mol. The van der Waals surface area contributed by atoms with Crippen LogP contribution in [0.5, 0.6) is 0 Å². The molecule has 0 radical (unpaired) electrons. The highest BCUT2D eigenvalue weighted by atomic mass is 16.4. The highest BCUT2D eigenvalue weighted by molar-refractivity contribution is 5.96. The first kappa shape index (κ1) is 15.8. The Morgan fingerprint density at radius 2 is 1.59 bits per heavy atom. The molecule has 0 saturated heterocycles. The van der Waals surface area contributed by atoms with Gasteiger partial charge in [-0.2, -0.15) is 0 Å². The third-order valence-electron chi connectivity index (χ3n) is 3.69. The van der Waals surface area contributed by atoms with Crippen molar-refractivity contribution in [2.45, 2.75) is 26.3 Å². The van der Waals surface area contributed by atoms with Crippen molar-refractivity contribution in [1.29, 1.82) is 0 Å². The van der Waals surface area contributed by atoms with Crippen molar-refractivity contribution in [3.8, 4) is 0 Å². The maximum Gasteiger partial charge on any atom is 0.326 e. The van der Waals surface area contributed by atoms with Crippen LogP contribution in [0.15, 0.2) is 48.5 Å². The minimum atomic E-state index is -1.04. The number of rotatable bonds is 5. The summed E-state index contributed by atoms with van der Waals surface area (Å²) in [5, 5.41) is 12.0. The van der Waals surface area contributed by atoms with E-state index in [1.54, 1.807) is 24.3 Å². The number of amides is 1. The maximum absolute atomic E-state index is 12.1. The fraction of sp³-hybridized carbons (Fsp3) is 0.222. The number of carboxylic acids is 1. The van der Waals surface area contributed by atoms with Gasteiger partial charge in [0, 0.05) is 12.0 Å². The molecule has 114 valence electrons. The molecular weight excluding hydrogens is 278 g/mol. The molecule has 4 heteroatoms. The zero-order valence-corrected chi connectivity index (χ0v) is 12.7. The van der Waals surface area contributed by atoms with Gasteiger partial charge in [0.1, 0.15) is 6.04 Å². The number of aryl methyl sites for hydroxylation is 2. The summed E-state index contributed by atoms with van der Waals surface area (Å²) in [6.07, 6.45) is 0.270. The molecule has 0 saturated carbocycles. The Bertz CT molecular complexity index is 660. The van der Waals surface area contributed by atoms with E-state index in [0.29, 0.717) is 5.56 Å². The standard InChI is InChI=1S/C18H19NO3/c1-12-7-6-8-13(2)15(12)11-16(18(21)22)19-17(20)14-9-4-3-5-10-14/h3-10,16H,11H2,1-2H3,(H,19,20)(H,21,22)/t16-/m0/s1. The van der Waals surface area contributed by atoms with Crippen molar-refractivity contribution in [1.82, 2.24) is 5.32 Å². The molecule has 4 nitrogen and oxygen atoms in total. The number of carbonyl (C=O) groups excluding carboxylic acids is 1. The van der Waals surface area contributed by atoms with Crippen LogP contribution in [0, 0.1) is 13.8 Å². The van der Waals surface area contributed by atoms with Gasteiger partial charge in [-0.3, -0.25) is 4.79 Å². The number of hydrogen-bond donors (Lipinski definition) is 2. The van der Waals surface area contributed by atoms with Crippen LogP contribution in [0.3, 0.4) is 0 Å². The number of aliphatic carboxylic acids is 1. The van der Waals surface area contributed by atoms with E-state index in [-0.39, 0.29) is 12.3 Å². The minimum Gasteiger partial charge on any atom is -0.480 e. The van der Waals surface area contributed by atoms with Crippen molar-refractivity contribution < 1.29 is 14.7 Å². The zero-order chi connectivity index (χ0) is 16.1. The van der Waals surface area contributed by atoms with E-state index in [9.17, 15) is 14.7 Å². The topological polar surface area (TPSA) is 66.4 Å². The third-order valence-corrected chi connectivity index (χ3v) is 3.69. The lowest BCUT2D eigenvalue weighted by molar-refractivity contribution is -0.139. The van der Waals surface area contributed by atoms with Gasteiger partial charge in [-0.15, -0.1) is 0 Å². The van der Waals surface area contributed by atoms with Gasteiger partial charge in [-0.05, 0) is 42.7 Å². The van der Waals surface area contributed by atoms with E-state index in [4.69, 9.17) is 0 Å². The highest BCUT2D eigenvalue weighted by Crippen LogP contribution is 2.16. The van der Waals surface area contributed by atoms with Gasteiger partial charge in [0.25, 0.3) is 5.91 Å². The Morgan fingerprint density at radius 3 is 2.14 bits per heavy atom. The molecule has 1 amide bonds. The molecule has 0 unspecified atom stereocenters. The lowest BCUT2D eigenvalue weighted by Gasteiger charge is -2.17. The van der Waals surface area contributed by atoms with Crippen molar-refractivity contribution >= 4 is 11.9 Å². The molecule has 0 spiro atoms. The van der Waals surface area contributed by atoms with Crippen molar-refractivity contribution in [2.24, 2.45) is 0 Å². The molecule has 0 aliphatic carbocycles. The largest absolute Gasteiger partial charge is 0.480 e. The molecule has 0 aliphatic rings. The monoisotopic (exact) mass is 297 g/mol. The van der Waals surface area contributed by atoms with Gasteiger partial charge >= 0.3 is 5.97 Å². The van der Waals surface area contributed by atoms with Gasteiger partial charge in [-0.25, -0.2) is 4.79 Å². The molecule has 2 N–H and O–H groups in total. The quantitative estimate of drug-likeness (QED) is 0.891. The van der Waals surface area contributed by atoms with Crippen LogP contribution < -0.4 is 5.32 Å². The number of nitrogens with one attached hydrogen (secondary N) is 1. The van der Waals surface area contributed by atoms with E-state index in [0.717, 1.165) is 16.7 Å². The van der Waals surface area contributed by atoms with E-state index < -0.39 is 12.0 Å². The molecule has 0 fully saturated rings. The van der Waals surface area contributed by atoms with Crippen molar-refractivity contribution in [3.63, 3.8) is 0 Å². The molecule has 0 aliphatic heterocycles. The number of benzene rings is 2. The smallest absolute Gasteiger partial charge is 0.326 e. The molecule has 22 heavy (non-hydrogen) atoms. The summed E-state index contributed by atoms with van der Waals surface area (Å²) in [5.74, 6) is -1.41. The highest BCUT2D eigenvalue weighted by Gasteiger charge is 2.22. The summed E-state index contributed by atoms with van der Waals surface area (Å²) in [6, 6.07) is 13.5. The van der Waals surface area contributed by atoms with Gasteiger partial charge in [-0.1, -0.05) is 36.4 Å². The van der Waals surface area contributed by atoms with Crippen LogP contribution in [-0.4, -0.2) is 23.0 Å². The van der Waals surface area contributed by atoms with E-state index >= 15 is 0 Å². The summed E-state index contributed by atoms with van der Waals surface area (Å²) in [5.41, 5.74) is 3.47. The SMILES string of the molecule is Cc1cccc(C)c1C[C@H](NC(=O)c1ccccc1)C(=O)O. The van der Waals surface area contributed by atoms with Crippen LogP contribution >= 0.6 is 0 Å².